The Bertz CT molecular complexity index is 564. The van der Waals surface area contributed by atoms with Crippen molar-refractivity contribution in [1.29, 1.82) is 0 Å². The molecule has 19 heavy (non-hydrogen) atoms. The number of rotatable bonds is 3. The molecule has 0 aliphatic carbocycles. The lowest BCUT2D eigenvalue weighted by Crippen LogP contribution is -2.30. The van der Waals surface area contributed by atoms with Gasteiger partial charge in [-0.15, -0.1) is 11.3 Å². The van der Waals surface area contributed by atoms with E-state index in [1.807, 2.05) is 11.0 Å². The van der Waals surface area contributed by atoms with Crippen LogP contribution in [0, 0.1) is 5.92 Å². The van der Waals surface area contributed by atoms with Crippen LogP contribution in [0.15, 0.2) is 28.4 Å². The lowest BCUT2D eigenvalue weighted by Gasteiger charge is -2.14. The summed E-state index contributed by atoms with van der Waals surface area (Å²) in [6.07, 6.45) is 4.22. The van der Waals surface area contributed by atoms with Gasteiger partial charge in [-0.05, 0) is 24.9 Å². The van der Waals surface area contributed by atoms with E-state index >= 15 is 0 Å². The molecule has 3 heterocycles. The second kappa shape index (κ2) is 5.14. The Morgan fingerprint density at radius 1 is 1.63 bits per heavy atom. The van der Waals surface area contributed by atoms with Crippen molar-refractivity contribution in [2.24, 2.45) is 11.7 Å². The van der Waals surface area contributed by atoms with Crippen LogP contribution in [0.1, 0.15) is 16.9 Å². The van der Waals surface area contributed by atoms with E-state index in [0.717, 1.165) is 30.1 Å². The summed E-state index contributed by atoms with van der Waals surface area (Å²) < 4.78 is 5.02. The van der Waals surface area contributed by atoms with E-state index in [-0.39, 0.29) is 5.91 Å². The summed E-state index contributed by atoms with van der Waals surface area (Å²) >= 11 is 1.46. The Balaban J connectivity index is 1.74. The molecular formula is C13H15N3O2S. The highest BCUT2D eigenvalue weighted by Crippen LogP contribution is 2.25. The van der Waals surface area contributed by atoms with Crippen molar-refractivity contribution in [3.63, 3.8) is 0 Å². The predicted octanol–water partition coefficient (Wildman–Crippen LogP) is 1.82. The number of amides is 1. The summed E-state index contributed by atoms with van der Waals surface area (Å²) in [5, 5.41) is 2.62. The molecule has 0 aromatic carbocycles. The van der Waals surface area contributed by atoms with Gasteiger partial charge in [-0.1, -0.05) is 0 Å². The number of hydrogen-bond acceptors (Lipinski definition) is 5. The summed E-state index contributed by atoms with van der Waals surface area (Å²) in [5.74, 6) is 0.429. The smallest absolute Gasteiger partial charge is 0.273 e. The zero-order valence-corrected chi connectivity index (χ0v) is 11.2. The Morgan fingerprint density at radius 3 is 3.21 bits per heavy atom. The zero-order chi connectivity index (χ0) is 13.2. The first-order valence-corrected chi connectivity index (χ1v) is 7.13. The zero-order valence-electron chi connectivity index (χ0n) is 10.4. The first kappa shape index (κ1) is 12.4. The van der Waals surface area contributed by atoms with Crippen molar-refractivity contribution < 1.29 is 9.21 Å². The Labute approximate surface area is 115 Å². The highest BCUT2D eigenvalue weighted by atomic mass is 32.1. The number of furan rings is 1. The van der Waals surface area contributed by atoms with Gasteiger partial charge in [0.1, 0.15) is 17.0 Å². The Hall–Kier alpha value is -1.66. The minimum absolute atomic E-state index is 0.00180. The fraction of sp³-hybridized carbons (Fsp3) is 0.385. The third-order valence-electron chi connectivity index (χ3n) is 3.40. The second-order valence-electron chi connectivity index (χ2n) is 4.69. The number of hydrogen-bond donors (Lipinski definition) is 1. The fourth-order valence-electron chi connectivity index (χ4n) is 2.26. The summed E-state index contributed by atoms with van der Waals surface area (Å²) in [4.78, 5) is 18.5. The van der Waals surface area contributed by atoms with Crippen LogP contribution >= 0.6 is 11.3 Å². The van der Waals surface area contributed by atoms with E-state index in [2.05, 4.69) is 4.98 Å². The van der Waals surface area contributed by atoms with Crippen LogP contribution in [-0.2, 0) is 0 Å². The molecule has 5 nitrogen and oxygen atoms in total. The molecule has 1 amide bonds. The van der Waals surface area contributed by atoms with Crippen molar-refractivity contribution >= 4 is 17.2 Å². The van der Waals surface area contributed by atoms with Crippen LogP contribution in [0.4, 0.5) is 0 Å². The van der Waals surface area contributed by atoms with Gasteiger partial charge in [-0.3, -0.25) is 4.79 Å². The van der Waals surface area contributed by atoms with Gasteiger partial charge in [0.25, 0.3) is 5.91 Å². The van der Waals surface area contributed by atoms with Gasteiger partial charge in [0.05, 0.1) is 6.26 Å². The lowest BCUT2D eigenvalue weighted by molar-refractivity contribution is 0.0783. The molecule has 0 bridgehead atoms. The van der Waals surface area contributed by atoms with Crippen molar-refractivity contribution in [2.45, 2.75) is 6.42 Å². The van der Waals surface area contributed by atoms with Crippen LogP contribution in [0.25, 0.3) is 10.6 Å². The predicted molar refractivity (Wildman–Crippen MR) is 72.9 cm³/mol. The fourth-order valence-corrected chi connectivity index (χ4v) is 3.04. The van der Waals surface area contributed by atoms with Crippen LogP contribution < -0.4 is 5.73 Å². The SMILES string of the molecule is NCC1CCN(C(=O)c2csc(-c3ccoc3)n2)C1. The van der Waals surface area contributed by atoms with Crippen molar-refractivity contribution in [2.75, 3.05) is 19.6 Å². The number of nitrogens with zero attached hydrogens (tertiary/aromatic N) is 2. The van der Waals surface area contributed by atoms with E-state index < -0.39 is 0 Å². The van der Waals surface area contributed by atoms with Crippen molar-refractivity contribution in [3.05, 3.63) is 29.7 Å². The van der Waals surface area contributed by atoms with Crippen LogP contribution in [0.3, 0.4) is 0 Å². The van der Waals surface area contributed by atoms with E-state index in [9.17, 15) is 4.79 Å². The molecule has 1 fully saturated rings. The van der Waals surface area contributed by atoms with Crippen molar-refractivity contribution in [1.82, 2.24) is 9.88 Å². The lowest BCUT2D eigenvalue weighted by atomic mass is 10.1. The molecule has 1 saturated heterocycles. The average Bonchev–Trinajstić information content (AvgIpc) is 3.16. The minimum Gasteiger partial charge on any atom is -0.472 e. The monoisotopic (exact) mass is 277 g/mol. The third kappa shape index (κ3) is 2.41. The first-order chi connectivity index (χ1) is 9.28. The molecule has 2 aromatic heterocycles. The maximum absolute atomic E-state index is 12.3. The van der Waals surface area contributed by atoms with E-state index in [0.29, 0.717) is 18.2 Å². The first-order valence-electron chi connectivity index (χ1n) is 6.25. The molecule has 6 heteroatoms. The van der Waals surface area contributed by atoms with Crippen LogP contribution in [-0.4, -0.2) is 35.4 Å². The maximum Gasteiger partial charge on any atom is 0.273 e. The van der Waals surface area contributed by atoms with E-state index in [1.165, 1.54) is 11.3 Å². The molecule has 3 rings (SSSR count). The summed E-state index contributed by atoms with van der Waals surface area (Å²) in [5.41, 5.74) is 7.06. The molecule has 0 spiro atoms. The number of aromatic nitrogens is 1. The number of nitrogens with two attached hydrogens (primary N) is 1. The quantitative estimate of drug-likeness (QED) is 0.929. The average molecular weight is 277 g/mol. The van der Waals surface area contributed by atoms with Gasteiger partial charge in [0.15, 0.2) is 0 Å². The summed E-state index contributed by atoms with van der Waals surface area (Å²) in [6.45, 7) is 2.16. The molecule has 0 saturated carbocycles. The summed E-state index contributed by atoms with van der Waals surface area (Å²) in [6, 6.07) is 1.84. The Morgan fingerprint density at radius 2 is 2.53 bits per heavy atom. The van der Waals surface area contributed by atoms with Crippen LogP contribution in [0.2, 0.25) is 0 Å². The van der Waals surface area contributed by atoms with Crippen LogP contribution in [0.5, 0.6) is 0 Å². The van der Waals surface area contributed by atoms with Crippen molar-refractivity contribution in [3.8, 4) is 10.6 Å². The van der Waals surface area contributed by atoms with Gasteiger partial charge in [-0.2, -0.15) is 0 Å². The minimum atomic E-state index is 0.00180. The molecule has 1 aliphatic rings. The number of likely N-dealkylation sites (tertiary alicyclic amines) is 1. The van der Waals surface area contributed by atoms with Gasteiger partial charge >= 0.3 is 0 Å². The Kier molecular flexibility index (Phi) is 3.35. The van der Waals surface area contributed by atoms with Gasteiger partial charge in [-0.25, -0.2) is 4.98 Å². The highest BCUT2D eigenvalue weighted by molar-refractivity contribution is 7.13. The number of thiazole rings is 1. The second-order valence-corrected chi connectivity index (χ2v) is 5.55. The van der Waals surface area contributed by atoms with E-state index in [4.69, 9.17) is 10.2 Å². The molecule has 100 valence electrons. The number of carbonyl (C=O) groups is 1. The molecule has 2 N–H and O–H groups in total. The molecular weight excluding hydrogens is 262 g/mol. The summed E-state index contributed by atoms with van der Waals surface area (Å²) in [7, 11) is 0. The molecule has 0 radical (unpaired) electrons. The van der Waals surface area contributed by atoms with Gasteiger partial charge in [0, 0.05) is 24.0 Å². The normalized spacial score (nSPS) is 19.0. The topological polar surface area (TPSA) is 72.4 Å². The van der Waals surface area contributed by atoms with E-state index in [1.54, 1.807) is 17.9 Å². The molecule has 1 atom stereocenters. The molecule has 2 aromatic rings. The molecule has 1 aliphatic heterocycles. The number of carbonyl (C=O) groups excluding carboxylic acids is 1. The standard InChI is InChI=1S/C13H15N3O2S/c14-5-9-1-3-16(6-9)13(17)11-8-19-12(15-11)10-2-4-18-7-10/h2,4,7-9H,1,3,5-6,14H2. The maximum atomic E-state index is 12.3. The van der Waals surface area contributed by atoms with Gasteiger partial charge in [0.2, 0.25) is 0 Å². The highest BCUT2D eigenvalue weighted by Gasteiger charge is 2.27. The van der Waals surface area contributed by atoms with Gasteiger partial charge < -0.3 is 15.1 Å². The third-order valence-corrected chi connectivity index (χ3v) is 4.29. The molecule has 1 unspecified atom stereocenters. The largest absolute Gasteiger partial charge is 0.472 e.